The minimum absolute atomic E-state index is 0.0643. The summed E-state index contributed by atoms with van der Waals surface area (Å²) in [4.78, 5) is 10.9. The minimum Gasteiger partial charge on any atom is -0.394 e. The van der Waals surface area contributed by atoms with Gasteiger partial charge in [-0.25, -0.2) is 14.4 Å². The van der Waals surface area contributed by atoms with Crippen LogP contribution in [0.25, 0.3) is 0 Å². The molecule has 2 heterocycles. The lowest BCUT2D eigenvalue weighted by molar-refractivity contribution is 0.266. The predicted molar refractivity (Wildman–Crippen MR) is 95.2 cm³/mol. The number of halogens is 1. The highest BCUT2D eigenvalue weighted by molar-refractivity contribution is 5.51. The van der Waals surface area contributed by atoms with E-state index in [-0.39, 0.29) is 24.5 Å². The molecule has 1 aromatic carbocycles. The van der Waals surface area contributed by atoms with E-state index in [0.29, 0.717) is 0 Å². The number of hydrogen-bond acceptors (Lipinski definition) is 5. The number of anilines is 2. The molecule has 1 aromatic heterocycles. The van der Waals surface area contributed by atoms with Crippen LogP contribution in [0.1, 0.15) is 42.9 Å². The molecule has 4 rings (SSSR count). The zero-order valence-corrected chi connectivity index (χ0v) is 14.2. The Morgan fingerprint density at radius 2 is 2.12 bits per heavy atom. The van der Waals surface area contributed by atoms with E-state index >= 15 is 0 Å². The highest BCUT2D eigenvalue weighted by atomic mass is 19.1. The Balaban J connectivity index is 1.56. The van der Waals surface area contributed by atoms with Crippen molar-refractivity contribution in [2.24, 2.45) is 0 Å². The molecule has 2 aliphatic rings. The molecular weight excluding hydrogens is 319 g/mol. The summed E-state index contributed by atoms with van der Waals surface area (Å²) in [6.07, 6.45) is 6.63. The van der Waals surface area contributed by atoms with E-state index in [1.165, 1.54) is 11.6 Å². The second kappa shape index (κ2) is 6.96. The number of nitrogens with one attached hydrogen (secondary N) is 1. The number of aryl methyl sites for hydroxylation is 1. The average Bonchev–Trinajstić information content (AvgIpc) is 3.11. The van der Waals surface area contributed by atoms with Crippen LogP contribution in [0.5, 0.6) is 0 Å². The maximum atomic E-state index is 13.7. The van der Waals surface area contributed by atoms with Crippen LogP contribution in [0.3, 0.4) is 0 Å². The van der Waals surface area contributed by atoms with Crippen molar-refractivity contribution in [2.75, 3.05) is 23.4 Å². The van der Waals surface area contributed by atoms with Gasteiger partial charge in [0.25, 0.3) is 0 Å². The molecule has 0 amide bonds. The summed E-state index contributed by atoms with van der Waals surface area (Å²) >= 11 is 0. The number of aromatic nitrogens is 2. The lowest BCUT2D eigenvalue weighted by Gasteiger charge is -2.28. The molecule has 0 radical (unpaired) electrons. The van der Waals surface area contributed by atoms with E-state index in [0.717, 1.165) is 55.8 Å². The average molecular weight is 342 g/mol. The highest BCUT2D eigenvalue weighted by Crippen LogP contribution is 2.33. The fourth-order valence-electron chi connectivity index (χ4n) is 4.01. The summed E-state index contributed by atoms with van der Waals surface area (Å²) in [5.74, 6) is 1.39. The van der Waals surface area contributed by atoms with Gasteiger partial charge < -0.3 is 15.3 Å². The summed E-state index contributed by atoms with van der Waals surface area (Å²) in [5, 5.41) is 13.0. The van der Waals surface area contributed by atoms with Crippen LogP contribution in [-0.4, -0.2) is 34.3 Å². The van der Waals surface area contributed by atoms with Gasteiger partial charge in [0.15, 0.2) is 0 Å². The number of aliphatic hydroxyl groups excluding tert-OH is 1. The van der Waals surface area contributed by atoms with Gasteiger partial charge in [0.2, 0.25) is 0 Å². The molecule has 5 nitrogen and oxygen atoms in total. The van der Waals surface area contributed by atoms with Crippen molar-refractivity contribution in [3.8, 4) is 0 Å². The first kappa shape index (κ1) is 16.3. The zero-order valence-electron chi connectivity index (χ0n) is 14.2. The monoisotopic (exact) mass is 342 g/mol. The first-order valence-corrected chi connectivity index (χ1v) is 8.99. The van der Waals surface area contributed by atoms with Crippen molar-refractivity contribution >= 4 is 11.6 Å². The molecule has 2 aromatic rings. The fourth-order valence-corrected chi connectivity index (χ4v) is 4.01. The van der Waals surface area contributed by atoms with Gasteiger partial charge >= 0.3 is 0 Å². The van der Waals surface area contributed by atoms with E-state index in [9.17, 15) is 9.50 Å². The van der Waals surface area contributed by atoms with Gasteiger partial charge in [-0.2, -0.15) is 0 Å². The lowest BCUT2D eigenvalue weighted by atomic mass is 9.87. The summed E-state index contributed by atoms with van der Waals surface area (Å²) in [6, 6.07) is 7.19. The molecule has 2 atom stereocenters. The number of benzene rings is 1. The molecule has 0 saturated carbocycles. The number of aliphatic hydroxyl groups is 1. The van der Waals surface area contributed by atoms with Crippen LogP contribution in [0.2, 0.25) is 0 Å². The Hall–Kier alpha value is -2.21. The molecule has 1 saturated heterocycles. The van der Waals surface area contributed by atoms with Gasteiger partial charge in [-0.1, -0.05) is 6.07 Å². The van der Waals surface area contributed by atoms with Gasteiger partial charge in [-0.15, -0.1) is 0 Å². The molecule has 1 aliphatic carbocycles. The van der Waals surface area contributed by atoms with Crippen LogP contribution in [0.4, 0.5) is 16.0 Å². The molecule has 132 valence electrons. The van der Waals surface area contributed by atoms with Gasteiger partial charge in [0, 0.05) is 12.6 Å². The van der Waals surface area contributed by atoms with Crippen LogP contribution >= 0.6 is 0 Å². The standard InChI is InChI=1S/C19H23FN4O/c20-14-7-6-13-3-1-5-17(16(13)9-14)23-18-10-19(22-12-21-18)24-8-2-4-15(24)11-25/h6-7,9-10,12,15,17,25H,1-5,8,11H2,(H,21,22,23). The highest BCUT2D eigenvalue weighted by Gasteiger charge is 2.26. The van der Waals surface area contributed by atoms with Gasteiger partial charge in [-0.05, 0) is 55.4 Å². The molecule has 6 heteroatoms. The van der Waals surface area contributed by atoms with Gasteiger partial charge in [0.1, 0.15) is 23.8 Å². The molecule has 0 spiro atoms. The Kier molecular flexibility index (Phi) is 4.53. The second-order valence-corrected chi connectivity index (χ2v) is 6.87. The molecule has 2 N–H and O–H groups in total. The van der Waals surface area contributed by atoms with Crippen molar-refractivity contribution in [1.29, 1.82) is 0 Å². The van der Waals surface area contributed by atoms with Crippen LogP contribution in [0, 0.1) is 5.82 Å². The van der Waals surface area contributed by atoms with Crippen LogP contribution < -0.4 is 10.2 Å². The van der Waals surface area contributed by atoms with Gasteiger partial charge in [0.05, 0.1) is 18.7 Å². The Labute approximate surface area is 146 Å². The van der Waals surface area contributed by atoms with Crippen LogP contribution in [-0.2, 0) is 6.42 Å². The normalized spacial score (nSPS) is 22.7. The first-order valence-electron chi connectivity index (χ1n) is 8.99. The summed E-state index contributed by atoms with van der Waals surface area (Å²) in [6.45, 7) is 1.04. The van der Waals surface area contributed by atoms with Crippen molar-refractivity contribution in [3.05, 3.63) is 47.5 Å². The summed E-state index contributed by atoms with van der Waals surface area (Å²) < 4.78 is 13.7. The number of hydrogen-bond donors (Lipinski definition) is 2. The maximum Gasteiger partial charge on any atom is 0.134 e. The Bertz CT molecular complexity index is 754. The SMILES string of the molecule is OCC1CCCN1c1cc(NC2CCCc3ccc(F)cc32)ncn1. The van der Waals surface area contributed by atoms with Crippen LogP contribution in [0.15, 0.2) is 30.6 Å². The lowest BCUT2D eigenvalue weighted by Crippen LogP contribution is -2.32. The maximum absolute atomic E-state index is 13.7. The Morgan fingerprint density at radius 1 is 1.20 bits per heavy atom. The first-order chi connectivity index (χ1) is 12.2. The fraction of sp³-hybridized carbons (Fsp3) is 0.474. The Morgan fingerprint density at radius 3 is 3.00 bits per heavy atom. The number of rotatable bonds is 4. The van der Waals surface area contributed by atoms with E-state index in [2.05, 4.69) is 20.2 Å². The minimum atomic E-state index is -0.196. The third-order valence-corrected chi connectivity index (χ3v) is 5.28. The zero-order chi connectivity index (χ0) is 17.2. The van der Waals surface area contributed by atoms with E-state index in [1.807, 2.05) is 12.1 Å². The smallest absolute Gasteiger partial charge is 0.134 e. The number of fused-ring (bicyclic) bond motifs is 1. The molecule has 25 heavy (non-hydrogen) atoms. The van der Waals surface area contributed by atoms with E-state index in [4.69, 9.17) is 0 Å². The van der Waals surface area contributed by atoms with Crippen molar-refractivity contribution in [3.63, 3.8) is 0 Å². The molecular formula is C19H23FN4O. The van der Waals surface area contributed by atoms with Gasteiger partial charge in [-0.3, -0.25) is 0 Å². The number of nitrogens with zero attached hydrogens (tertiary/aromatic N) is 3. The third-order valence-electron chi connectivity index (χ3n) is 5.28. The summed E-state index contributed by atoms with van der Waals surface area (Å²) in [7, 11) is 0. The molecule has 1 aliphatic heterocycles. The largest absolute Gasteiger partial charge is 0.394 e. The second-order valence-electron chi connectivity index (χ2n) is 6.87. The van der Waals surface area contributed by atoms with Crippen molar-refractivity contribution in [2.45, 2.75) is 44.2 Å². The quantitative estimate of drug-likeness (QED) is 0.894. The summed E-state index contributed by atoms with van der Waals surface area (Å²) in [5.41, 5.74) is 2.24. The van der Waals surface area contributed by atoms with Crippen molar-refractivity contribution in [1.82, 2.24) is 9.97 Å². The predicted octanol–water partition coefficient (Wildman–Crippen LogP) is 3.07. The topological polar surface area (TPSA) is 61.3 Å². The van der Waals surface area contributed by atoms with E-state index in [1.54, 1.807) is 12.4 Å². The molecule has 0 bridgehead atoms. The molecule has 2 unspecified atom stereocenters. The van der Waals surface area contributed by atoms with E-state index < -0.39 is 0 Å². The third kappa shape index (κ3) is 3.31. The molecule has 1 fully saturated rings. The van der Waals surface area contributed by atoms with Crippen molar-refractivity contribution < 1.29 is 9.50 Å².